The first-order valence-electron chi connectivity index (χ1n) is 11.8. The van der Waals surface area contributed by atoms with Crippen molar-refractivity contribution in [2.45, 2.75) is 19.4 Å². The first kappa shape index (κ1) is 25.1. The van der Waals surface area contributed by atoms with Gasteiger partial charge in [0.2, 0.25) is 0 Å². The van der Waals surface area contributed by atoms with Crippen molar-refractivity contribution in [2.75, 3.05) is 12.4 Å². The zero-order valence-corrected chi connectivity index (χ0v) is 21.3. The van der Waals surface area contributed by atoms with Crippen molar-refractivity contribution in [1.82, 2.24) is 15.0 Å². The summed E-state index contributed by atoms with van der Waals surface area (Å²) in [4.78, 5) is 37.9. The smallest absolute Gasteiger partial charge is 0.338 e. The van der Waals surface area contributed by atoms with Crippen molar-refractivity contribution < 1.29 is 23.5 Å². The van der Waals surface area contributed by atoms with Crippen LogP contribution in [0.15, 0.2) is 72.1 Å². The van der Waals surface area contributed by atoms with Gasteiger partial charge in [0.15, 0.2) is 11.2 Å². The van der Waals surface area contributed by atoms with Crippen LogP contribution in [0.25, 0.3) is 33.7 Å². The van der Waals surface area contributed by atoms with Crippen LogP contribution in [0.5, 0.6) is 5.75 Å². The minimum atomic E-state index is -1.01. The number of ether oxygens (including phenoxy) is 2. The summed E-state index contributed by atoms with van der Waals surface area (Å²) >= 11 is 1.23. The average molecular weight is 531 g/mol. The minimum Gasteiger partial charge on any atom is -0.497 e. The molecule has 1 amide bonds. The second-order valence-electron chi connectivity index (χ2n) is 8.38. The van der Waals surface area contributed by atoms with Gasteiger partial charge in [-0.3, -0.25) is 10.1 Å². The number of nitrogens with one attached hydrogen (secondary N) is 2. The summed E-state index contributed by atoms with van der Waals surface area (Å²) in [7, 11) is 1.61. The zero-order chi connectivity index (χ0) is 26.6. The standard InChI is InChI=1S/C28H23FN4O4S/c1-3-24(26(34)33-28-32-23(15-38-28)16-4-9-19(29)10-5-16)37-27(35)18-8-13-21-22(14-18)31-25(30-21)17-6-11-20(36-2)12-7-17/h4-15,24H,3H2,1-2H3,(H,30,31)(H,32,33,34). The molecule has 0 aliphatic rings. The quantitative estimate of drug-likeness (QED) is 0.236. The molecule has 0 fully saturated rings. The molecule has 5 rings (SSSR count). The van der Waals surface area contributed by atoms with E-state index in [2.05, 4.69) is 20.3 Å². The first-order valence-corrected chi connectivity index (χ1v) is 12.7. The highest BCUT2D eigenvalue weighted by atomic mass is 32.1. The van der Waals surface area contributed by atoms with Crippen LogP contribution in [0.3, 0.4) is 0 Å². The summed E-state index contributed by atoms with van der Waals surface area (Å²) in [6, 6.07) is 18.4. The van der Waals surface area contributed by atoms with Crippen LogP contribution < -0.4 is 10.1 Å². The highest BCUT2D eigenvalue weighted by Gasteiger charge is 2.23. The van der Waals surface area contributed by atoms with Gasteiger partial charge < -0.3 is 14.5 Å². The lowest BCUT2D eigenvalue weighted by Crippen LogP contribution is -2.32. The largest absolute Gasteiger partial charge is 0.497 e. The number of carbonyl (C=O) groups excluding carboxylic acids is 2. The molecule has 5 aromatic rings. The van der Waals surface area contributed by atoms with Gasteiger partial charge in [0, 0.05) is 16.5 Å². The number of benzene rings is 3. The number of halogens is 1. The number of hydrogen-bond acceptors (Lipinski definition) is 7. The molecule has 2 N–H and O–H groups in total. The maximum Gasteiger partial charge on any atom is 0.338 e. The van der Waals surface area contributed by atoms with Crippen molar-refractivity contribution in [2.24, 2.45) is 0 Å². The molecular weight excluding hydrogens is 507 g/mol. The van der Waals surface area contributed by atoms with Gasteiger partial charge in [-0.1, -0.05) is 6.92 Å². The van der Waals surface area contributed by atoms with E-state index in [0.717, 1.165) is 16.9 Å². The van der Waals surface area contributed by atoms with E-state index in [1.54, 1.807) is 49.7 Å². The van der Waals surface area contributed by atoms with Crippen molar-refractivity contribution in [3.8, 4) is 28.4 Å². The SMILES string of the molecule is CCC(OC(=O)c1ccc2nc(-c3ccc(OC)cc3)[nH]c2c1)C(=O)Nc1nc(-c2ccc(F)cc2)cs1. The summed E-state index contributed by atoms with van der Waals surface area (Å²) in [5.41, 5.74) is 3.86. The Balaban J connectivity index is 1.26. The van der Waals surface area contributed by atoms with Gasteiger partial charge in [-0.05, 0) is 73.2 Å². The Morgan fingerprint density at radius 1 is 1.03 bits per heavy atom. The fourth-order valence-corrected chi connectivity index (χ4v) is 4.53. The Kier molecular flexibility index (Phi) is 7.14. The number of imidazole rings is 1. The van der Waals surface area contributed by atoms with E-state index < -0.39 is 18.0 Å². The van der Waals surface area contributed by atoms with Gasteiger partial charge >= 0.3 is 5.97 Å². The number of H-pyrrole nitrogens is 1. The van der Waals surface area contributed by atoms with Crippen LogP contribution in [0.1, 0.15) is 23.7 Å². The lowest BCUT2D eigenvalue weighted by atomic mass is 10.2. The van der Waals surface area contributed by atoms with Gasteiger partial charge in [0.05, 0.1) is 29.4 Å². The molecule has 192 valence electrons. The van der Waals surface area contributed by atoms with Crippen LogP contribution in [-0.2, 0) is 9.53 Å². The molecule has 38 heavy (non-hydrogen) atoms. The molecule has 8 nitrogen and oxygen atoms in total. The molecule has 1 unspecified atom stereocenters. The molecule has 0 spiro atoms. The third-order valence-electron chi connectivity index (χ3n) is 5.87. The summed E-state index contributed by atoms with van der Waals surface area (Å²) in [5, 5.41) is 4.82. The maximum absolute atomic E-state index is 13.2. The number of aromatic amines is 1. The summed E-state index contributed by atoms with van der Waals surface area (Å²) in [5.74, 6) is -0.0459. The summed E-state index contributed by atoms with van der Waals surface area (Å²) < 4.78 is 23.9. The monoisotopic (exact) mass is 530 g/mol. The Bertz CT molecular complexity index is 1600. The molecule has 0 radical (unpaired) electrons. The molecule has 2 aromatic heterocycles. The predicted molar refractivity (Wildman–Crippen MR) is 144 cm³/mol. The van der Waals surface area contributed by atoms with Crippen molar-refractivity contribution >= 4 is 39.4 Å². The number of methoxy groups -OCH3 is 1. The number of esters is 1. The van der Waals surface area contributed by atoms with Crippen molar-refractivity contribution in [1.29, 1.82) is 0 Å². The van der Waals surface area contributed by atoms with Crippen LogP contribution in [0.4, 0.5) is 9.52 Å². The number of amides is 1. The Morgan fingerprint density at radius 3 is 2.47 bits per heavy atom. The normalized spacial score (nSPS) is 11.8. The zero-order valence-electron chi connectivity index (χ0n) is 20.5. The highest BCUT2D eigenvalue weighted by Crippen LogP contribution is 2.26. The molecule has 3 aromatic carbocycles. The third-order valence-corrected chi connectivity index (χ3v) is 6.63. The van der Waals surface area contributed by atoms with Gasteiger partial charge in [0.1, 0.15) is 17.4 Å². The van der Waals surface area contributed by atoms with Gasteiger partial charge in [0.25, 0.3) is 5.91 Å². The van der Waals surface area contributed by atoms with E-state index in [1.165, 1.54) is 23.5 Å². The van der Waals surface area contributed by atoms with Gasteiger partial charge in [-0.25, -0.2) is 19.2 Å². The van der Waals surface area contributed by atoms with Gasteiger partial charge in [-0.2, -0.15) is 0 Å². The van der Waals surface area contributed by atoms with E-state index in [4.69, 9.17) is 9.47 Å². The number of nitrogens with zero attached hydrogens (tertiary/aromatic N) is 2. The van der Waals surface area contributed by atoms with Crippen molar-refractivity contribution in [3.05, 3.63) is 83.5 Å². The molecular formula is C28H23FN4O4S. The summed E-state index contributed by atoms with van der Waals surface area (Å²) in [6.45, 7) is 1.75. The van der Waals surface area contributed by atoms with E-state index >= 15 is 0 Å². The number of rotatable bonds is 8. The van der Waals surface area contributed by atoms with Gasteiger partial charge in [-0.15, -0.1) is 11.3 Å². The number of carbonyl (C=O) groups is 2. The maximum atomic E-state index is 13.2. The minimum absolute atomic E-state index is 0.279. The fraction of sp³-hybridized carbons (Fsp3) is 0.143. The molecule has 0 saturated carbocycles. The predicted octanol–water partition coefficient (Wildman–Crippen LogP) is 6.08. The second-order valence-corrected chi connectivity index (χ2v) is 9.24. The third kappa shape index (κ3) is 5.40. The highest BCUT2D eigenvalue weighted by molar-refractivity contribution is 7.14. The lowest BCUT2D eigenvalue weighted by molar-refractivity contribution is -0.124. The number of aromatic nitrogens is 3. The molecule has 2 heterocycles. The number of fused-ring (bicyclic) bond motifs is 1. The number of thiazole rings is 1. The first-order chi connectivity index (χ1) is 18.4. The average Bonchev–Trinajstić information content (AvgIpc) is 3.58. The van der Waals surface area contributed by atoms with E-state index in [0.29, 0.717) is 33.2 Å². The lowest BCUT2D eigenvalue weighted by Gasteiger charge is -2.15. The van der Waals surface area contributed by atoms with E-state index in [9.17, 15) is 14.0 Å². The fourth-order valence-electron chi connectivity index (χ4n) is 3.81. The Hall–Kier alpha value is -4.57. The molecule has 10 heteroatoms. The van der Waals surface area contributed by atoms with Crippen molar-refractivity contribution in [3.63, 3.8) is 0 Å². The number of anilines is 1. The molecule has 0 aliphatic carbocycles. The van der Waals surface area contributed by atoms with E-state index in [1.807, 2.05) is 24.3 Å². The van der Waals surface area contributed by atoms with Crippen LogP contribution in [0.2, 0.25) is 0 Å². The van der Waals surface area contributed by atoms with Crippen LogP contribution in [0, 0.1) is 5.82 Å². The number of hydrogen-bond donors (Lipinski definition) is 2. The molecule has 0 saturated heterocycles. The van der Waals surface area contributed by atoms with E-state index in [-0.39, 0.29) is 12.2 Å². The topological polar surface area (TPSA) is 106 Å². The Morgan fingerprint density at radius 2 is 1.76 bits per heavy atom. The summed E-state index contributed by atoms with van der Waals surface area (Å²) in [6.07, 6.45) is -0.727. The Labute approximate surface area is 221 Å². The van der Waals surface area contributed by atoms with Crippen LogP contribution >= 0.6 is 11.3 Å². The molecule has 0 bridgehead atoms. The second kappa shape index (κ2) is 10.8. The van der Waals surface area contributed by atoms with Crippen LogP contribution in [-0.4, -0.2) is 40.0 Å². The molecule has 1 atom stereocenters. The molecule has 0 aliphatic heterocycles.